The van der Waals surface area contributed by atoms with Crippen molar-refractivity contribution in [3.8, 4) is 0 Å². The second-order valence-corrected chi connectivity index (χ2v) is 4.23. The number of aromatic amines is 1. The lowest BCUT2D eigenvalue weighted by atomic mass is 10.2. The Morgan fingerprint density at radius 3 is 3.05 bits per heavy atom. The molecule has 0 radical (unpaired) electrons. The summed E-state index contributed by atoms with van der Waals surface area (Å²) in [6, 6.07) is 7.45. The van der Waals surface area contributed by atoms with Crippen LogP contribution in [0.2, 0.25) is 0 Å². The van der Waals surface area contributed by atoms with Gasteiger partial charge in [-0.2, -0.15) is 0 Å². The number of nitrogens with zero attached hydrogens (tertiary/aromatic N) is 1. The Balaban J connectivity index is 1.96. The standard InChI is InChI=1S/C14H18N4O/c1-2-6-17-14(19)11-4-3-5-12(9-11)18-10-13-15-7-8-16-13/h3-5,7-9,18H,2,6,10H2,1H3,(H,15,16)(H,17,19). The first-order valence-electron chi connectivity index (χ1n) is 6.40. The second kappa shape index (κ2) is 6.58. The van der Waals surface area contributed by atoms with E-state index in [1.807, 2.05) is 31.2 Å². The van der Waals surface area contributed by atoms with Crippen molar-refractivity contribution in [3.05, 3.63) is 48.0 Å². The molecule has 0 aliphatic carbocycles. The summed E-state index contributed by atoms with van der Waals surface area (Å²) in [5, 5.41) is 6.08. The first-order valence-corrected chi connectivity index (χ1v) is 6.40. The highest BCUT2D eigenvalue weighted by Gasteiger charge is 2.05. The van der Waals surface area contributed by atoms with E-state index in [9.17, 15) is 4.79 Å². The Morgan fingerprint density at radius 1 is 1.42 bits per heavy atom. The maximum Gasteiger partial charge on any atom is 0.251 e. The number of benzene rings is 1. The normalized spacial score (nSPS) is 10.2. The zero-order valence-electron chi connectivity index (χ0n) is 10.9. The summed E-state index contributed by atoms with van der Waals surface area (Å²) in [5.74, 6) is 0.823. The van der Waals surface area contributed by atoms with E-state index >= 15 is 0 Å². The molecule has 5 nitrogen and oxygen atoms in total. The SMILES string of the molecule is CCCNC(=O)c1cccc(NCc2ncc[nH]2)c1. The molecule has 0 aliphatic rings. The van der Waals surface area contributed by atoms with E-state index in [0.717, 1.165) is 17.9 Å². The van der Waals surface area contributed by atoms with E-state index in [1.54, 1.807) is 12.4 Å². The third-order valence-corrected chi connectivity index (χ3v) is 2.68. The zero-order chi connectivity index (χ0) is 13.5. The summed E-state index contributed by atoms with van der Waals surface area (Å²) < 4.78 is 0. The number of rotatable bonds is 6. The van der Waals surface area contributed by atoms with Crippen LogP contribution in [-0.2, 0) is 6.54 Å². The molecule has 2 aromatic rings. The molecule has 0 unspecified atom stereocenters. The maximum atomic E-state index is 11.8. The maximum absolute atomic E-state index is 11.8. The van der Waals surface area contributed by atoms with Crippen LogP contribution in [0.4, 0.5) is 5.69 Å². The highest BCUT2D eigenvalue weighted by atomic mass is 16.1. The third kappa shape index (κ3) is 3.84. The molecule has 5 heteroatoms. The van der Waals surface area contributed by atoms with Crippen LogP contribution in [-0.4, -0.2) is 22.4 Å². The molecule has 0 bridgehead atoms. The molecule has 0 saturated carbocycles. The molecule has 0 spiro atoms. The van der Waals surface area contributed by atoms with Crippen molar-refractivity contribution < 1.29 is 4.79 Å². The zero-order valence-corrected chi connectivity index (χ0v) is 10.9. The highest BCUT2D eigenvalue weighted by Crippen LogP contribution is 2.11. The molecule has 1 aromatic carbocycles. The number of aromatic nitrogens is 2. The molecule has 1 heterocycles. The van der Waals surface area contributed by atoms with E-state index in [-0.39, 0.29) is 5.91 Å². The predicted molar refractivity (Wildman–Crippen MR) is 75.0 cm³/mol. The van der Waals surface area contributed by atoms with Crippen molar-refractivity contribution in [1.82, 2.24) is 15.3 Å². The number of hydrogen-bond acceptors (Lipinski definition) is 3. The molecule has 0 aliphatic heterocycles. The summed E-state index contributed by atoms with van der Waals surface area (Å²) in [6.07, 6.45) is 4.43. The Labute approximate surface area is 112 Å². The molecular weight excluding hydrogens is 240 g/mol. The van der Waals surface area contributed by atoms with Crippen molar-refractivity contribution in [2.24, 2.45) is 0 Å². The van der Waals surface area contributed by atoms with Gasteiger partial charge in [-0.15, -0.1) is 0 Å². The number of H-pyrrole nitrogens is 1. The van der Waals surface area contributed by atoms with Crippen LogP contribution >= 0.6 is 0 Å². The molecule has 1 aromatic heterocycles. The number of hydrogen-bond donors (Lipinski definition) is 3. The Bertz CT molecular complexity index is 522. The van der Waals surface area contributed by atoms with Crippen LogP contribution in [0.15, 0.2) is 36.7 Å². The molecule has 3 N–H and O–H groups in total. The van der Waals surface area contributed by atoms with Gasteiger partial charge in [-0.1, -0.05) is 13.0 Å². The van der Waals surface area contributed by atoms with E-state index in [1.165, 1.54) is 0 Å². The number of carbonyl (C=O) groups is 1. The number of amides is 1. The summed E-state index contributed by atoms with van der Waals surface area (Å²) in [5.41, 5.74) is 1.57. The van der Waals surface area contributed by atoms with Gasteiger partial charge in [-0.05, 0) is 24.6 Å². The minimum absolute atomic E-state index is 0.0384. The Hall–Kier alpha value is -2.30. The van der Waals surface area contributed by atoms with Crippen LogP contribution in [0.3, 0.4) is 0 Å². The average molecular weight is 258 g/mol. The van der Waals surface area contributed by atoms with Crippen LogP contribution in [0, 0.1) is 0 Å². The van der Waals surface area contributed by atoms with Gasteiger partial charge in [-0.3, -0.25) is 4.79 Å². The van der Waals surface area contributed by atoms with Crippen molar-refractivity contribution in [2.45, 2.75) is 19.9 Å². The molecule has 19 heavy (non-hydrogen) atoms. The minimum Gasteiger partial charge on any atom is -0.378 e. The van der Waals surface area contributed by atoms with Crippen LogP contribution in [0.25, 0.3) is 0 Å². The summed E-state index contributed by atoms with van der Waals surface area (Å²) >= 11 is 0. The van der Waals surface area contributed by atoms with Gasteiger partial charge in [0.2, 0.25) is 0 Å². The quantitative estimate of drug-likeness (QED) is 0.743. The molecule has 0 fully saturated rings. The fourth-order valence-electron chi connectivity index (χ4n) is 1.69. The van der Waals surface area contributed by atoms with Crippen molar-refractivity contribution >= 4 is 11.6 Å². The number of carbonyl (C=O) groups excluding carboxylic acids is 1. The molecule has 0 atom stereocenters. The lowest BCUT2D eigenvalue weighted by molar-refractivity contribution is 0.0953. The van der Waals surface area contributed by atoms with Crippen LogP contribution in [0.1, 0.15) is 29.5 Å². The van der Waals surface area contributed by atoms with E-state index < -0.39 is 0 Å². The largest absolute Gasteiger partial charge is 0.378 e. The molecule has 1 amide bonds. The van der Waals surface area contributed by atoms with E-state index in [4.69, 9.17) is 0 Å². The van der Waals surface area contributed by atoms with Gasteiger partial charge in [0.1, 0.15) is 5.82 Å². The van der Waals surface area contributed by atoms with Crippen molar-refractivity contribution in [2.75, 3.05) is 11.9 Å². The van der Waals surface area contributed by atoms with Gasteiger partial charge in [-0.25, -0.2) is 4.98 Å². The number of nitrogens with one attached hydrogen (secondary N) is 3. The summed E-state index contributed by atoms with van der Waals surface area (Å²) in [6.45, 7) is 3.33. The topological polar surface area (TPSA) is 69.8 Å². The first kappa shape index (κ1) is 13.1. The minimum atomic E-state index is -0.0384. The lowest BCUT2D eigenvalue weighted by Gasteiger charge is -2.07. The molecule has 0 saturated heterocycles. The van der Waals surface area contributed by atoms with E-state index in [2.05, 4.69) is 20.6 Å². The van der Waals surface area contributed by atoms with Crippen LogP contribution in [0.5, 0.6) is 0 Å². The van der Waals surface area contributed by atoms with E-state index in [0.29, 0.717) is 18.7 Å². The molecule has 2 rings (SSSR count). The first-order chi connectivity index (χ1) is 9.29. The van der Waals surface area contributed by atoms with Gasteiger partial charge in [0.15, 0.2) is 0 Å². The third-order valence-electron chi connectivity index (χ3n) is 2.68. The Morgan fingerprint density at radius 2 is 2.32 bits per heavy atom. The fourth-order valence-corrected chi connectivity index (χ4v) is 1.69. The molecule has 100 valence electrons. The predicted octanol–water partition coefficient (Wildman–Crippen LogP) is 2.16. The van der Waals surface area contributed by atoms with Gasteiger partial charge in [0.25, 0.3) is 5.91 Å². The van der Waals surface area contributed by atoms with Crippen molar-refractivity contribution in [3.63, 3.8) is 0 Å². The van der Waals surface area contributed by atoms with Gasteiger partial charge in [0.05, 0.1) is 6.54 Å². The smallest absolute Gasteiger partial charge is 0.251 e. The van der Waals surface area contributed by atoms with Crippen molar-refractivity contribution in [1.29, 1.82) is 0 Å². The fraction of sp³-hybridized carbons (Fsp3) is 0.286. The highest BCUT2D eigenvalue weighted by molar-refractivity contribution is 5.95. The monoisotopic (exact) mass is 258 g/mol. The van der Waals surface area contributed by atoms with Gasteiger partial charge < -0.3 is 15.6 Å². The number of anilines is 1. The summed E-state index contributed by atoms with van der Waals surface area (Å²) in [4.78, 5) is 19.0. The Kier molecular flexibility index (Phi) is 4.55. The van der Waals surface area contributed by atoms with Gasteiger partial charge in [0, 0.05) is 30.2 Å². The number of imidazole rings is 1. The van der Waals surface area contributed by atoms with Gasteiger partial charge >= 0.3 is 0 Å². The second-order valence-electron chi connectivity index (χ2n) is 4.23. The summed E-state index contributed by atoms with van der Waals surface area (Å²) in [7, 11) is 0. The van der Waals surface area contributed by atoms with Crippen LogP contribution < -0.4 is 10.6 Å². The lowest BCUT2D eigenvalue weighted by Crippen LogP contribution is -2.23. The molecular formula is C14H18N4O. The average Bonchev–Trinajstić information content (AvgIpc) is 2.96.